The molecular weight excluding hydrogens is 403 g/mol. The number of aromatic nitrogens is 6. The van der Waals surface area contributed by atoms with Gasteiger partial charge in [-0.05, 0) is 60.5 Å². The Hall–Kier alpha value is -4.39. The number of halogens is 1. The van der Waals surface area contributed by atoms with Gasteiger partial charge in [-0.15, -0.1) is 0 Å². The van der Waals surface area contributed by atoms with Gasteiger partial charge in [0.1, 0.15) is 11.3 Å². The molecule has 2 N–H and O–H groups in total. The number of fused-ring (bicyclic) bond motifs is 2. The zero-order chi connectivity index (χ0) is 21.7. The number of nitrogens with zero attached hydrogens (tertiary/aromatic N) is 4. The molecular formula is C25H17FN6. The fraction of sp³-hybridized carbons (Fsp3) is 0.0400. The SMILES string of the molecule is Cc1cc(F)cc(-c2cccc3[nH]c(-c4n[nH]c5ccc(-c6cccnc6)nc45)nc23)c1. The maximum absolute atomic E-state index is 14.0. The van der Waals surface area contributed by atoms with Crippen LogP contribution in [0.4, 0.5) is 4.39 Å². The summed E-state index contributed by atoms with van der Waals surface area (Å²) in [6.07, 6.45) is 3.51. The highest BCUT2D eigenvalue weighted by molar-refractivity contribution is 5.96. The van der Waals surface area contributed by atoms with E-state index in [1.165, 1.54) is 12.1 Å². The molecule has 6 rings (SSSR count). The maximum Gasteiger partial charge on any atom is 0.161 e. The van der Waals surface area contributed by atoms with E-state index in [2.05, 4.69) is 20.2 Å². The normalized spacial score (nSPS) is 11.4. The Morgan fingerprint density at radius 2 is 1.78 bits per heavy atom. The smallest absolute Gasteiger partial charge is 0.161 e. The molecule has 0 unspecified atom stereocenters. The Bertz CT molecular complexity index is 1580. The van der Waals surface area contributed by atoms with Gasteiger partial charge in [0.25, 0.3) is 0 Å². The summed E-state index contributed by atoms with van der Waals surface area (Å²) in [6.45, 7) is 1.88. The van der Waals surface area contributed by atoms with Crippen molar-refractivity contribution < 1.29 is 4.39 Å². The van der Waals surface area contributed by atoms with E-state index in [4.69, 9.17) is 9.97 Å². The van der Waals surface area contributed by atoms with Crippen molar-refractivity contribution in [1.29, 1.82) is 0 Å². The molecule has 154 valence electrons. The van der Waals surface area contributed by atoms with Gasteiger partial charge in [0.05, 0.1) is 22.2 Å². The van der Waals surface area contributed by atoms with Crippen LogP contribution < -0.4 is 0 Å². The van der Waals surface area contributed by atoms with Crippen molar-refractivity contribution in [2.75, 3.05) is 0 Å². The zero-order valence-electron chi connectivity index (χ0n) is 17.1. The third-order valence-corrected chi connectivity index (χ3v) is 5.46. The van der Waals surface area contributed by atoms with Crippen molar-refractivity contribution in [3.8, 4) is 33.9 Å². The molecule has 0 atom stereocenters. The molecule has 0 saturated carbocycles. The highest BCUT2D eigenvalue weighted by Gasteiger charge is 2.17. The number of H-pyrrole nitrogens is 2. The monoisotopic (exact) mass is 420 g/mol. The number of para-hydroxylation sites is 1. The van der Waals surface area contributed by atoms with Crippen molar-refractivity contribution in [2.24, 2.45) is 0 Å². The predicted octanol–water partition coefficient (Wildman–Crippen LogP) is 5.68. The molecule has 0 spiro atoms. The molecule has 0 saturated heterocycles. The van der Waals surface area contributed by atoms with Crippen molar-refractivity contribution in [1.82, 2.24) is 30.1 Å². The Labute approximate surface area is 182 Å². The predicted molar refractivity (Wildman–Crippen MR) is 122 cm³/mol. The van der Waals surface area contributed by atoms with Crippen molar-refractivity contribution in [3.05, 3.63) is 84.4 Å². The molecule has 0 amide bonds. The Balaban J connectivity index is 1.52. The molecule has 32 heavy (non-hydrogen) atoms. The van der Waals surface area contributed by atoms with E-state index in [-0.39, 0.29) is 5.82 Å². The quantitative estimate of drug-likeness (QED) is 0.386. The number of hydrogen-bond acceptors (Lipinski definition) is 4. The average molecular weight is 420 g/mol. The number of imidazole rings is 1. The summed E-state index contributed by atoms with van der Waals surface area (Å²) >= 11 is 0. The van der Waals surface area contributed by atoms with Crippen LogP contribution in [-0.4, -0.2) is 30.1 Å². The molecule has 0 aliphatic heterocycles. The van der Waals surface area contributed by atoms with Gasteiger partial charge in [-0.2, -0.15) is 5.10 Å². The summed E-state index contributed by atoms with van der Waals surface area (Å²) in [4.78, 5) is 17.2. The van der Waals surface area contributed by atoms with Crippen LogP contribution in [0.3, 0.4) is 0 Å². The number of rotatable bonds is 3. The zero-order valence-corrected chi connectivity index (χ0v) is 17.1. The average Bonchev–Trinajstić information content (AvgIpc) is 3.42. The maximum atomic E-state index is 14.0. The van der Waals surface area contributed by atoms with Crippen LogP contribution >= 0.6 is 0 Å². The fourth-order valence-corrected chi connectivity index (χ4v) is 4.01. The largest absolute Gasteiger partial charge is 0.336 e. The van der Waals surface area contributed by atoms with Gasteiger partial charge in [0.15, 0.2) is 11.5 Å². The summed E-state index contributed by atoms with van der Waals surface area (Å²) in [5.41, 5.74) is 8.00. The highest BCUT2D eigenvalue weighted by atomic mass is 19.1. The standard InChI is InChI=1S/C25H17FN6/c1-14-10-16(12-17(26)11-14)18-5-2-6-20-22(18)30-25(29-20)24-23-21(31-32-24)8-7-19(28-23)15-4-3-9-27-13-15/h2-13H,1H3,(H,29,30)(H,31,32). The molecule has 0 radical (unpaired) electrons. The first kappa shape index (κ1) is 18.4. The molecule has 2 aromatic carbocycles. The van der Waals surface area contributed by atoms with Crippen LogP contribution in [0.2, 0.25) is 0 Å². The number of aryl methyl sites for hydroxylation is 1. The third kappa shape index (κ3) is 3.02. The molecule has 4 aromatic heterocycles. The lowest BCUT2D eigenvalue weighted by Gasteiger charge is -2.04. The van der Waals surface area contributed by atoms with Gasteiger partial charge < -0.3 is 4.98 Å². The van der Waals surface area contributed by atoms with Gasteiger partial charge in [0.2, 0.25) is 0 Å². The van der Waals surface area contributed by atoms with E-state index in [1.54, 1.807) is 12.4 Å². The van der Waals surface area contributed by atoms with Crippen molar-refractivity contribution >= 4 is 22.1 Å². The Kier molecular flexibility index (Phi) is 4.07. The van der Waals surface area contributed by atoms with E-state index in [9.17, 15) is 4.39 Å². The van der Waals surface area contributed by atoms with Crippen LogP contribution in [0.25, 0.3) is 56.0 Å². The molecule has 0 bridgehead atoms. The van der Waals surface area contributed by atoms with Gasteiger partial charge in [0, 0.05) is 23.5 Å². The number of nitrogens with one attached hydrogen (secondary N) is 2. The van der Waals surface area contributed by atoms with Gasteiger partial charge in [-0.25, -0.2) is 14.4 Å². The molecule has 0 aliphatic carbocycles. The van der Waals surface area contributed by atoms with E-state index in [1.807, 2.05) is 55.5 Å². The second-order valence-corrected chi connectivity index (χ2v) is 7.71. The number of aromatic amines is 2. The van der Waals surface area contributed by atoms with Gasteiger partial charge in [-0.3, -0.25) is 10.1 Å². The summed E-state index contributed by atoms with van der Waals surface area (Å²) in [7, 11) is 0. The number of pyridine rings is 2. The van der Waals surface area contributed by atoms with E-state index >= 15 is 0 Å². The van der Waals surface area contributed by atoms with E-state index in [0.717, 1.165) is 44.5 Å². The minimum absolute atomic E-state index is 0.266. The van der Waals surface area contributed by atoms with Crippen LogP contribution in [-0.2, 0) is 0 Å². The summed E-state index contributed by atoms with van der Waals surface area (Å²) in [5, 5.41) is 7.50. The highest BCUT2D eigenvalue weighted by Crippen LogP contribution is 2.32. The molecule has 6 aromatic rings. The third-order valence-electron chi connectivity index (χ3n) is 5.46. The second kappa shape index (κ2) is 7.09. The van der Waals surface area contributed by atoms with Gasteiger partial charge in [-0.1, -0.05) is 18.2 Å². The summed E-state index contributed by atoms with van der Waals surface area (Å²) in [6, 6.07) is 18.6. The lowest BCUT2D eigenvalue weighted by molar-refractivity contribution is 0.627. The summed E-state index contributed by atoms with van der Waals surface area (Å²) in [5.74, 6) is 0.334. The lowest BCUT2D eigenvalue weighted by atomic mass is 10.0. The summed E-state index contributed by atoms with van der Waals surface area (Å²) < 4.78 is 14.0. The first-order valence-electron chi connectivity index (χ1n) is 10.2. The molecule has 7 heteroatoms. The molecule has 4 heterocycles. The first-order chi connectivity index (χ1) is 15.7. The first-order valence-corrected chi connectivity index (χ1v) is 10.2. The van der Waals surface area contributed by atoms with Crippen LogP contribution in [0.1, 0.15) is 5.56 Å². The van der Waals surface area contributed by atoms with E-state index in [0.29, 0.717) is 17.0 Å². The fourth-order valence-electron chi connectivity index (χ4n) is 4.01. The second-order valence-electron chi connectivity index (χ2n) is 7.71. The van der Waals surface area contributed by atoms with Crippen LogP contribution in [0.15, 0.2) is 73.1 Å². The molecule has 6 nitrogen and oxygen atoms in total. The van der Waals surface area contributed by atoms with Crippen molar-refractivity contribution in [2.45, 2.75) is 6.92 Å². The minimum atomic E-state index is -0.266. The molecule has 0 aliphatic rings. The lowest BCUT2D eigenvalue weighted by Crippen LogP contribution is -1.87. The number of hydrogen-bond donors (Lipinski definition) is 2. The molecule has 0 fully saturated rings. The van der Waals surface area contributed by atoms with E-state index < -0.39 is 0 Å². The van der Waals surface area contributed by atoms with Crippen molar-refractivity contribution in [3.63, 3.8) is 0 Å². The minimum Gasteiger partial charge on any atom is -0.336 e. The number of benzene rings is 2. The van der Waals surface area contributed by atoms with Crippen LogP contribution in [0, 0.1) is 12.7 Å². The van der Waals surface area contributed by atoms with Gasteiger partial charge >= 0.3 is 0 Å². The van der Waals surface area contributed by atoms with Crippen LogP contribution in [0.5, 0.6) is 0 Å². The Morgan fingerprint density at radius 3 is 2.62 bits per heavy atom. The Morgan fingerprint density at radius 1 is 0.844 bits per heavy atom. The topological polar surface area (TPSA) is 83.1 Å².